The zero-order chi connectivity index (χ0) is 21.6. The van der Waals surface area contributed by atoms with Gasteiger partial charge in [-0.2, -0.15) is 0 Å². The van der Waals surface area contributed by atoms with Crippen molar-refractivity contribution >= 4 is 39.2 Å². The maximum Gasteiger partial charge on any atom is 0.316 e. The molecule has 1 aliphatic rings. The van der Waals surface area contributed by atoms with Crippen LogP contribution in [0.25, 0.3) is 0 Å². The van der Waals surface area contributed by atoms with E-state index in [0.717, 1.165) is 11.8 Å². The van der Waals surface area contributed by atoms with E-state index in [-0.39, 0.29) is 34.9 Å². The van der Waals surface area contributed by atoms with E-state index in [2.05, 4.69) is 0 Å². The average molecular weight is 445 g/mol. The van der Waals surface area contributed by atoms with Gasteiger partial charge in [-0.25, -0.2) is 8.42 Å². The summed E-state index contributed by atoms with van der Waals surface area (Å²) in [6.07, 6.45) is 0.394. The second-order valence-corrected chi connectivity index (χ2v) is 10.5. The van der Waals surface area contributed by atoms with Crippen LogP contribution in [0.3, 0.4) is 0 Å². The second-order valence-electron chi connectivity index (χ2n) is 7.20. The number of non-ortho nitro benzene ring substituents is 1. The maximum absolute atomic E-state index is 12.5. The summed E-state index contributed by atoms with van der Waals surface area (Å²) < 4.78 is 28.5. The Balaban J connectivity index is 1.85. The van der Waals surface area contributed by atoms with Crippen LogP contribution in [0.4, 0.5) is 5.69 Å². The van der Waals surface area contributed by atoms with Crippen LogP contribution in [0, 0.1) is 16.0 Å². The highest BCUT2D eigenvalue weighted by atomic mass is 32.2. The normalized spacial score (nSPS) is 17.8. The molecule has 1 amide bonds. The van der Waals surface area contributed by atoms with Crippen LogP contribution in [0.2, 0.25) is 0 Å². The molecule has 0 spiro atoms. The number of rotatable bonds is 9. The van der Waals surface area contributed by atoms with E-state index in [4.69, 9.17) is 4.74 Å². The number of ether oxygens (including phenoxy) is 1. The number of benzene rings is 1. The molecule has 0 N–H and O–H groups in total. The number of amides is 1. The first kappa shape index (κ1) is 23.1. The second kappa shape index (κ2) is 10.1. The summed E-state index contributed by atoms with van der Waals surface area (Å²) in [4.78, 5) is 36.8. The summed E-state index contributed by atoms with van der Waals surface area (Å²) in [6, 6.07) is 5.37. The highest BCUT2D eigenvalue weighted by Crippen LogP contribution is 2.22. The minimum Gasteiger partial charge on any atom is -0.455 e. The first-order valence-electron chi connectivity index (χ1n) is 9.10. The van der Waals surface area contributed by atoms with E-state index >= 15 is 0 Å². The summed E-state index contributed by atoms with van der Waals surface area (Å²) in [5, 5.41) is 10.6. The fourth-order valence-corrected chi connectivity index (χ4v) is 5.37. The molecule has 0 aromatic heterocycles. The highest BCUT2D eigenvalue weighted by Gasteiger charge is 2.35. The molecule has 9 nitrogen and oxygen atoms in total. The van der Waals surface area contributed by atoms with Crippen LogP contribution < -0.4 is 0 Å². The zero-order valence-corrected chi connectivity index (χ0v) is 17.9. The predicted octanol–water partition coefficient (Wildman–Crippen LogP) is 1.90. The monoisotopic (exact) mass is 444 g/mol. The van der Waals surface area contributed by atoms with Crippen molar-refractivity contribution in [1.82, 2.24) is 4.90 Å². The van der Waals surface area contributed by atoms with Crippen molar-refractivity contribution < 1.29 is 27.7 Å². The number of hydrogen-bond donors (Lipinski definition) is 0. The Morgan fingerprint density at radius 2 is 1.97 bits per heavy atom. The molecule has 0 bridgehead atoms. The van der Waals surface area contributed by atoms with Crippen LogP contribution in [-0.4, -0.2) is 66.6 Å². The fraction of sp³-hybridized carbons (Fsp3) is 0.556. The highest BCUT2D eigenvalue weighted by molar-refractivity contribution is 8.00. The molecule has 1 fully saturated rings. The van der Waals surface area contributed by atoms with Gasteiger partial charge in [-0.05, 0) is 24.5 Å². The van der Waals surface area contributed by atoms with E-state index in [1.807, 2.05) is 13.8 Å². The van der Waals surface area contributed by atoms with Gasteiger partial charge in [0.2, 0.25) is 0 Å². The van der Waals surface area contributed by atoms with Crippen molar-refractivity contribution in [3.63, 3.8) is 0 Å². The third-order valence-electron chi connectivity index (χ3n) is 4.29. The smallest absolute Gasteiger partial charge is 0.316 e. The Morgan fingerprint density at radius 3 is 2.48 bits per heavy atom. The molecule has 160 valence electrons. The van der Waals surface area contributed by atoms with Crippen LogP contribution >= 0.6 is 11.8 Å². The Labute approximate surface area is 173 Å². The lowest BCUT2D eigenvalue weighted by molar-refractivity contribution is -0.384. The van der Waals surface area contributed by atoms with Gasteiger partial charge in [-0.15, -0.1) is 11.8 Å². The van der Waals surface area contributed by atoms with Crippen molar-refractivity contribution in [2.75, 3.05) is 30.4 Å². The van der Waals surface area contributed by atoms with Gasteiger partial charge in [0.25, 0.3) is 11.6 Å². The summed E-state index contributed by atoms with van der Waals surface area (Å²) in [7, 11) is -3.14. The van der Waals surface area contributed by atoms with Gasteiger partial charge in [0.15, 0.2) is 16.4 Å². The lowest BCUT2D eigenvalue weighted by Gasteiger charge is -2.29. The van der Waals surface area contributed by atoms with E-state index in [9.17, 15) is 28.1 Å². The Hall–Kier alpha value is -2.14. The van der Waals surface area contributed by atoms with Gasteiger partial charge in [-0.3, -0.25) is 19.7 Å². The predicted molar refractivity (Wildman–Crippen MR) is 108 cm³/mol. The van der Waals surface area contributed by atoms with Crippen molar-refractivity contribution in [1.29, 1.82) is 0 Å². The van der Waals surface area contributed by atoms with Gasteiger partial charge >= 0.3 is 5.97 Å². The van der Waals surface area contributed by atoms with Crippen molar-refractivity contribution in [3.05, 3.63) is 34.4 Å². The number of sulfone groups is 1. The molecule has 0 saturated carbocycles. The van der Waals surface area contributed by atoms with Crippen molar-refractivity contribution in [3.8, 4) is 0 Å². The quantitative estimate of drug-likeness (QED) is 0.245. The molecular formula is C18H24N2O7S2. The van der Waals surface area contributed by atoms with Gasteiger partial charge < -0.3 is 9.64 Å². The Bertz CT molecular complexity index is 853. The molecule has 2 rings (SSSR count). The fourth-order valence-electron chi connectivity index (χ4n) is 2.94. The van der Waals surface area contributed by atoms with Crippen molar-refractivity contribution in [2.45, 2.75) is 31.2 Å². The number of carbonyl (C=O) groups is 2. The molecule has 0 unspecified atom stereocenters. The van der Waals surface area contributed by atoms with Gasteiger partial charge in [-0.1, -0.05) is 13.8 Å². The number of nitrogens with zero attached hydrogens (tertiary/aromatic N) is 2. The Kier molecular flexibility index (Phi) is 8.03. The maximum atomic E-state index is 12.5. The van der Waals surface area contributed by atoms with Gasteiger partial charge in [0, 0.05) is 29.6 Å². The number of hydrogen-bond acceptors (Lipinski definition) is 8. The van der Waals surface area contributed by atoms with Crippen LogP contribution in [0.1, 0.15) is 20.3 Å². The molecule has 1 aliphatic heterocycles. The lowest BCUT2D eigenvalue weighted by Crippen LogP contribution is -2.45. The summed E-state index contributed by atoms with van der Waals surface area (Å²) in [5.74, 6) is -0.899. The summed E-state index contributed by atoms with van der Waals surface area (Å²) in [5.41, 5.74) is -0.0401. The molecular weight excluding hydrogens is 420 g/mol. The van der Waals surface area contributed by atoms with Crippen molar-refractivity contribution in [2.24, 2.45) is 5.92 Å². The number of esters is 1. The molecule has 0 aliphatic carbocycles. The third-order valence-corrected chi connectivity index (χ3v) is 7.03. The molecule has 1 aromatic rings. The van der Waals surface area contributed by atoms with E-state index < -0.39 is 33.2 Å². The largest absolute Gasteiger partial charge is 0.455 e. The first-order chi connectivity index (χ1) is 13.6. The van der Waals surface area contributed by atoms with E-state index in [0.29, 0.717) is 17.9 Å². The van der Waals surface area contributed by atoms with E-state index in [1.165, 1.54) is 29.2 Å². The number of nitro benzene ring substituents is 1. The standard InChI is InChI=1S/C18H24N2O7S2/c1-13(2)9-19(15-7-8-29(25,26)12-15)17(21)10-27-18(22)11-28-16-5-3-14(4-6-16)20(23)24/h3-6,13,15H,7-12H2,1-2H3/t15-/m1/s1. The Morgan fingerprint density at radius 1 is 1.31 bits per heavy atom. The topological polar surface area (TPSA) is 124 Å². The summed E-state index contributed by atoms with van der Waals surface area (Å²) >= 11 is 1.14. The minimum atomic E-state index is -3.14. The van der Waals surface area contributed by atoms with Gasteiger partial charge in [0.05, 0.1) is 22.2 Å². The molecule has 1 heterocycles. The number of carbonyl (C=O) groups excluding carboxylic acids is 2. The minimum absolute atomic E-state index is 0.0401. The molecule has 1 aromatic carbocycles. The average Bonchev–Trinajstić information content (AvgIpc) is 3.02. The zero-order valence-electron chi connectivity index (χ0n) is 16.3. The van der Waals surface area contributed by atoms with Crippen LogP contribution in [0.5, 0.6) is 0 Å². The van der Waals surface area contributed by atoms with Gasteiger partial charge in [0.1, 0.15) is 0 Å². The van der Waals surface area contributed by atoms with Crippen LogP contribution in [0.15, 0.2) is 29.2 Å². The number of nitro groups is 1. The SMILES string of the molecule is CC(C)CN(C(=O)COC(=O)CSc1ccc([N+](=O)[O-])cc1)[C@@H]1CCS(=O)(=O)C1. The number of thioether (sulfide) groups is 1. The summed E-state index contributed by atoms with van der Waals surface area (Å²) in [6.45, 7) is 3.81. The molecule has 1 atom stereocenters. The lowest BCUT2D eigenvalue weighted by atomic mass is 10.1. The molecule has 1 saturated heterocycles. The molecule has 11 heteroatoms. The van der Waals surface area contributed by atoms with E-state index in [1.54, 1.807) is 0 Å². The first-order valence-corrected chi connectivity index (χ1v) is 11.9. The van der Waals surface area contributed by atoms with Crippen LogP contribution in [-0.2, 0) is 24.2 Å². The molecule has 29 heavy (non-hydrogen) atoms. The molecule has 0 radical (unpaired) electrons. The third kappa shape index (κ3) is 7.32.